The molecule has 0 unspecified atom stereocenters. The molecule has 0 aromatic heterocycles. The first-order valence-electron chi connectivity index (χ1n) is 22.2. The van der Waals surface area contributed by atoms with Gasteiger partial charge < -0.3 is 14.5 Å². The van der Waals surface area contributed by atoms with Crippen molar-refractivity contribution in [3.05, 3.63) is 241 Å². The van der Waals surface area contributed by atoms with Crippen molar-refractivity contribution < 1.29 is 9.13 Å². The summed E-state index contributed by atoms with van der Waals surface area (Å²) in [6, 6.07) is 77.2. The zero-order chi connectivity index (χ0) is 43.6. The quantitative estimate of drug-likeness (QED) is 0.152. The summed E-state index contributed by atoms with van der Waals surface area (Å²) in [7, 11) is 0. The summed E-state index contributed by atoms with van der Waals surface area (Å²) in [6.07, 6.45) is 0. The van der Waals surface area contributed by atoms with Crippen molar-refractivity contribution in [2.24, 2.45) is 0 Å². The largest absolute Gasteiger partial charge is 0.456 e. The van der Waals surface area contributed by atoms with Crippen LogP contribution in [0.15, 0.2) is 224 Å². The number of halogens is 1. The molecule has 0 N–H and O–H groups in total. The van der Waals surface area contributed by atoms with Gasteiger partial charge >= 0.3 is 0 Å². The molecule has 10 aromatic carbocycles. The molecule has 1 heterocycles. The van der Waals surface area contributed by atoms with E-state index in [4.69, 9.17) is 4.74 Å². The highest BCUT2D eigenvalue weighted by atomic mass is 19.1. The first-order chi connectivity index (χ1) is 31.9. The zero-order valence-corrected chi connectivity index (χ0v) is 36.0. The Balaban J connectivity index is 1.00. The smallest absolute Gasteiger partial charge is 0.148 e. The molecule has 0 fully saturated rings. The van der Waals surface area contributed by atoms with Gasteiger partial charge in [-0.25, -0.2) is 4.39 Å². The molecule has 0 bridgehead atoms. The lowest BCUT2D eigenvalue weighted by Crippen LogP contribution is -2.16. The van der Waals surface area contributed by atoms with Crippen LogP contribution in [0, 0.1) is 5.82 Å². The van der Waals surface area contributed by atoms with Gasteiger partial charge in [-0.2, -0.15) is 0 Å². The van der Waals surface area contributed by atoms with Crippen LogP contribution < -0.4 is 14.5 Å². The minimum absolute atomic E-state index is 0.138. The molecule has 1 aliphatic heterocycles. The van der Waals surface area contributed by atoms with Gasteiger partial charge in [-0.05, 0) is 117 Å². The van der Waals surface area contributed by atoms with Gasteiger partial charge in [0.25, 0.3) is 0 Å². The Kier molecular flexibility index (Phi) is 9.03. The lowest BCUT2D eigenvalue weighted by Gasteiger charge is -2.32. The van der Waals surface area contributed by atoms with E-state index in [2.05, 4.69) is 151 Å². The fourth-order valence-electron chi connectivity index (χ4n) is 10.2. The van der Waals surface area contributed by atoms with E-state index in [1.807, 2.05) is 91.0 Å². The molecule has 0 radical (unpaired) electrons. The molecular formula is C61H43FN2O. The Morgan fingerprint density at radius 2 is 0.969 bits per heavy atom. The fourth-order valence-corrected chi connectivity index (χ4v) is 10.2. The minimum atomic E-state index is -0.317. The molecule has 2 aliphatic rings. The number of fused-ring (bicyclic) bond motifs is 5. The number of hydrogen-bond acceptors (Lipinski definition) is 3. The van der Waals surface area contributed by atoms with E-state index in [-0.39, 0.29) is 11.2 Å². The molecule has 0 saturated carbocycles. The summed E-state index contributed by atoms with van der Waals surface area (Å²) >= 11 is 0. The highest BCUT2D eigenvalue weighted by Crippen LogP contribution is 2.55. The Labute approximate surface area is 378 Å². The van der Waals surface area contributed by atoms with Crippen LogP contribution in [0.25, 0.3) is 55.3 Å². The van der Waals surface area contributed by atoms with Crippen LogP contribution in [0.3, 0.4) is 0 Å². The molecule has 0 spiro atoms. The Morgan fingerprint density at radius 3 is 1.69 bits per heavy atom. The second kappa shape index (κ2) is 15.3. The number of benzene rings is 10. The highest BCUT2D eigenvalue weighted by Gasteiger charge is 2.36. The van der Waals surface area contributed by atoms with E-state index in [9.17, 15) is 0 Å². The molecule has 1 aliphatic carbocycles. The van der Waals surface area contributed by atoms with Gasteiger partial charge in [0.2, 0.25) is 0 Å². The number of para-hydroxylation sites is 2. The fraction of sp³-hybridized carbons (Fsp3) is 0.0492. The molecule has 10 aromatic rings. The third kappa shape index (κ3) is 6.32. The molecule has 3 nitrogen and oxygen atoms in total. The van der Waals surface area contributed by atoms with Crippen LogP contribution in [-0.2, 0) is 5.41 Å². The predicted octanol–water partition coefficient (Wildman–Crippen LogP) is 17.3. The van der Waals surface area contributed by atoms with E-state index < -0.39 is 0 Å². The van der Waals surface area contributed by atoms with Crippen molar-refractivity contribution in [1.29, 1.82) is 0 Å². The normalized spacial score (nSPS) is 12.8. The van der Waals surface area contributed by atoms with E-state index in [0.717, 1.165) is 84.1 Å². The topological polar surface area (TPSA) is 15.7 Å². The molecular weight excluding hydrogens is 796 g/mol. The van der Waals surface area contributed by atoms with E-state index in [1.165, 1.54) is 22.3 Å². The number of hydrogen-bond donors (Lipinski definition) is 0. The third-order valence-corrected chi connectivity index (χ3v) is 13.3. The predicted molar refractivity (Wildman–Crippen MR) is 267 cm³/mol. The van der Waals surface area contributed by atoms with Crippen molar-refractivity contribution in [3.63, 3.8) is 0 Å². The Hall–Kier alpha value is -8.21. The highest BCUT2D eigenvalue weighted by molar-refractivity contribution is 6.12. The van der Waals surface area contributed by atoms with Crippen LogP contribution in [0.1, 0.15) is 25.0 Å². The van der Waals surface area contributed by atoms with E-state index in [0.29, 0.717) is 5.69 Å². The summed E-state index contributed by atoms with van der Waals surface area (Å²) in [5.41, 5.74) is 16.0. The van der Waals surface area contributed by atoms with Gasteiger partial charge in [0.15, 0.2) is 0 Å². The van der Waals surface area contributed by atoms with Gasteiger partial charge in [0.05, 0.1) is 11.4 Å². The summed E-state index contributed by atoms with van der Waals surface area (Å²) in [4.78, 5) is 4.39. The third-order valence-electron chi connectivity index (χ3n) is 13.3. The second-order valence-electron chi connectivity index (χ2n) is 17.4. The lowest BCUT2D eigenvalue weighted by atomic mass is 9.82. The number of anilines is 6. The number of ether oxygens (including phenoxy) is 1. The average Bonchev–Trinajstić information content (AvgIpc) is 3.58. The SMILES string of the molecule is CC1(C)c2ccccc2-c2ccc(N(c3ccccc3)c3ccc4c(c3)Oc3cccc5c(N(c6ccccc6)c6c(F)cc(-c7ccccc7)cc6-c6ccccc6)ccc-4c35)cc21. The van der Waals surface area contributed by atoms with Crippen molar-refractivity contribution in [2.45, 2.75) is 19.3 Å². The van der Waals surface area contributed by atoms with Crippen molar-refractivity contribution in [1.82, 2.24) is 0 Å². The van der Waals surface area contributed by atoms with Crippen LogP contribution in [0.2, 0.25) is 0 Å². The van der Waals surface area contributed by atoms with E-state index in [1.54, 1.807) is 6.07 Å². The van der Waals surface area contributed by atoms with E-state index >= 15 is 4.39 Å². The first-order valence-corrected chi connectivity index (χ1v) is 22.2. The summed E-state index contributed by atoms with van der Waals surface area (Å²) in [5, 5.41) is 1.94. The van der Waals surface area contributed by atoms with Crippen molar-refractivity contribution in [2.75, 3.05) is 9.80 Å². The average molecular weight is 839 g/mol. The molecule has 0 saturated heterocycles. The van der Waals surface area contributed by atoms with Crippen LogP contribution in [0.4, 0.5) is 38.5 Å². The Morgan fingerprint density at radius 1 is 0.385 bits per heavy atom. The summed E-state index contributed by atoms with van der Waals surface area (Å²) in [5.74, 6) is 1.21. The van der Waals surface area contributed by atoms with Gasteiger partial charge in [0, 0.05) is 56.1 Å². The molecule has 310 valence electrons. The maximum absolute atomic E-state index is 17.4. The van der Waals surface area contributed by atoms with Crippen molar-refractivity contribution in [3.8, 4) is 56.0 Å². The maximum Gasteiger partial charge on any atom is 0.148 e. The zero-order valence-electron chi connectivity index (χ0n) is 36.0. The standard InChI is InChI=1S/C61H43FN2O/c1-61(2)53-28-16-15-26-47(53)48-32-30-45(38-54(48)61)63(43-22-11-5-12-23-43)46-31-33-49-50-34-35-56(51-27-17-29-57(59(50)51)65-58(49)39-46)64(44-24-13-6-14-25-44)60-52(41-20-9-4-10-21-41)36-42(37-55(60)62)40-18-7-3-8-19-40/h3-39H,1-2H3. The van der Waals surface area contributed by atoms with Crippen LogP contribution in [0.5, 0.6) is 11.5 Å². The summed E-state index contributed by atoms with van der Waals surface area (Å²) < 4.78 is 24.3. The molecule has 4 heteroatoms. The number of nitrogens with zero attached hydrogens (tertiary/aromatic N) is 2. The molecule has 0 atom stereocenters. The number of rotatable bonds is 8. The maximum atomic E-state index is 17.4. The summed E-state index contributed by atoms with van der Waals surface area (Å²) in [6.45, 7) is 4.65. The molecule has 0 amide bonds. The van der Waals surface area contributed by atoms with Gasteiger partial charge in [-0.1, -0.05) is 159 Å². The Bertz CT molecular complexity index is 3440. The van der Waals surface area contributed by atoms with Crippen LogP contribution in [-0.4, -0.2) is 0 Å². The minimum Gasteiger partial charge on any atom is -0.456 e. The van der Waals surface area contributed by atoms with Crippen molar-refractivity contribution >= 4 is 44.9 Å². The van der Waals surface area contributed by atoms with Gasteiger partial charge in [-0.15, -0.1) is 0 Å². The second-order valence-corrected chi connectivity index (χ2v) is 17.4. The molecule has 12 rings (SSSR count). The first kappa shape index (κ1) is 38.5. The molecule has 65 heavy (non-hydrogen) atoms. The lowest BCUT2D eigenvalue weighted by molar-refractivity contribution is 0.487. The van der Waals surface area contributed by atoms with Gasteiger partial charge in [0.1, 0.15) is 17.3 Å². The monoisotopic (exact) mass is 838 g/mol. The van der Waals surface area contributed by atoms with Gasteiger partial charge in [-0.3, -0.25) is 0 Å². The van der Waals surface area contributed by atoms with Crippen LogP contribution >= 0.6 is 0 Å².